The lowest BCUT2D eigenvalue weighted by Crippen LogP contribution is -2.36. The number of hydrogen-bond donors (Lipinski definition) is 1. The Hall–Kier alpha value is -3.16. The molecule has 0 amide bonds. The maximum atomic E-state index is 12.4. The van der Waals surface area contributed by atoms with E-state index in [2.05, 4.69) is 4.90 Å². The van der Waals surface area contributed by atoms with Crippen LogP contribution in [0.5, 0.6) is 0 Å². The van der Waals surface area contributed by atoms with Gasteiger partial charge in [-0.15, -0.1) is 11.3 Å². The van der Waals surface area contributed by atoms with Gasteiger partial charge in [0.15, 0.2) is 5.43 Å². The van der Waals surface area contributed by atoms with Gasteiger partial charge in [-0.2, -0.15) is 0 Å². The maximum absolute atomic E-state index is 12.4. The first-order chi connectivity index (χ1) is 14.5. The highest BCUT2D eigenvalue weighted by atomic mass is 32.1. The molecule has 3 aromatic rings. The van der Waals surface area contributed by atoms with Crippen LogP contribution in [0.25, 0.3) is 21.6 Å². The predicted molar refractivity (Wildman–Crippen MR) is 120 cm³/mol. The smallest absolute Gasteiger partial charge is 0.337 e. The van der Waals surface area contributed by atoms with E-state index < -0.39 is 5.97 Å². The molecular weight excluding hydrogens is 400 g/mol. The summed E-state index contributed by atoms with van der Waals surface area (Å²) in [5, 5.41) is 0.952. The Labute approximate surface area is 178 Å². The number of ether oxygens (including phenoxy) is 2. The number of nitrogen functional groups attached to an aromatic ring is 1. The van der Waals surface area contributed by atoms with Gasteiger partial charge >= 0.3 is 5.97 Å². The molecule has 6 nitrogen and oxygen atoms in total. The van der Waals surface area contributed by atoms with Crippen molar-refractivity contribution in [3.8, 4) is 21.6 Å². The number of hydrogen-bond acceptors (Lipinski definition) is 7. The Morgan fingerprint density at radius 1 is 1.07 bits per heavy atom. The van der Waals surface area contributed by atoms with Crippen LogP contribution in [-0.2, 0) is 9.47 Å². The topological polar surface area (TPSA) is 81.9 Å². The van der Waals surface area contributed by atoms with E-state index >= 15 is 0 Å². The van der Waals surface area contributed by atoms with E-state index in [-0.39, 0.29) is 5.43 Å². The molecule has 0 atom stereocenters. The summed E-state index contributed by atoms with van der Waals surface area (Å²) >= 11 is 1.59. The molecule has 2 N–H and O–H groups in total. The molecule has 1 aromatic heterocycles. The van der Waals surface area contributed by atoms with Crippen LogP contribution in [0.2, 0.25) is 0 Å². The van der Waals surface area contributed by atoms with Crippen molar-refractivity contribution < 1.29 is 14.3 Å². The molecule has 1 aliphatic heterocycles. The van der Waals surface area contributed by atoms with Gasteiger partial charge in [0, 0.05) is 41.4 Å². The second-order valence-electron chi connectivity index (χ2n) is 6.97. The van der Waals surface area contributed by atoms with Crippen LogP contribution in [0.3, 0.4) is 0 Å². The van der Waals surface area contributed by atoms with Crippen molar-refractivity contribution >= 4 is 28.0 Å². The molecule has 7 heteroatoms. The van der Waals surface area contributed by atoms with Crippen LogP contribution in [0.4, 0.5) is 10.7 Å². The number of carbonyl (C=O) groups is 1. The van der Waals surface area contributed by atoms with Gasteiger partial charge in [-0.05, 0) is 29.3 Å². The van der Waals surface area contributed by atoms with Crippen molar-refractivity contribution in [2.45, 2.75) is 0 Å². The summed E-state index contributed by atoms with van der Waals surface area (Å²) in [6.45, 7) is 2.90. The second-order valence-corrected chi connectivity index (χ2v) is 8.03. The summed E-state index contributed by atoms with van der Waals surface area (Å²) < 4.78 is 10.2. The Morgan fingerprint density at radius 2 is 1.83 bits per heavy atom. The highest BCUT2D eigenvalue weighted by Gasteiger charge is 2.15. The van der Waals surface area contributed by atoms with Gasteiger partial charge in [-0.25, -0.2) is 4.79 Å². The first-order valence-electron chi connectivity index (χ1n) is 9.62. The average molecular weight is 423 g/mol. The minimum atomic E-state index is -0.424. The Balaban J connectivity index is 1.70. The summed E-state index contributed by atoms with van der Waals surface area (Å²) in [7, 11) is 1.34. The number of methoxy groups -OCH3 is 1. The van der Waals surface area contributed by atoms with Gasteiger partial charge in [-0.3, -0.25) is 4.79 Å². The molecule has 30 heavy (non-hydrogen) atoms. The minimum Gasteiger partial charge on any atom is -0.465 e. The summed E-state index contributed by atoms with van der Waals surface area (Å²) in [4.78, 5) is 27.2. The third-order valence-corrected chi connectivity index (χ3v) is 6.17. The molecule has 4 rings (SSSR count). The Kier molecular flexibility index (Phi) is 5.83. The van der Waals surface area contributed by atoms with Crippen molar-refractivity contribution in [1.82, 2.24) is 0 Å². The number of esters is 1. The zero-order chi connectivity index (χ0) is 21.1. The molecule has 1 saturated heterocycles. The van der Waals surface area contributed by atoms with E-state index in [4.69, 9.17) is 15.2 Å². The second kappa shape index (κ2) is 8.69. The van der Waals surface area contributed by atoms with Crippen molar-refractivity contribution in [2.75, 3.05) is 44.0 Å². The normalized spacial score (nSPS) is 13.8. The van der Waals surface area contributed by atoms with Crippen molar-refractivity contribution in [2.24, 2.45) is 0 Å². The Bertz CT molecular complexity index is 1140. The van der Waals surface area contributed by atoms with Gasteiger partial charge in [0.05, 0.1) is 30.9 Å². The van der Waals surface area contributed by atoms with E-state index in [9.17, 15) is 9.59 Å². The molecule has 0 radical (unpaired) electrons. The van der Waals surface area contributed by atoms with Crippen molar-refractivity contribution in [3.05, 3.63) is 70.4 Å². The SMILES string of the molecule is COC(=O)c1ccc(-c2cccc(-c3cc(=O)cc(N4CCOCC4)s3)c2)c(N)c1. The van der Waals surface area contributed by atoms with Crippen LogP contribution >= 0.6 is 11.3 Å². The average Bonchev–Trinajstić information content (AvgIpc) is 2.78. The maximum Gasteiger partial charge on any atom is 0.337 e. The summed E-state index contributed by atoms with van der Waals surface area (Å²) in [5.41, 5.74) is 9.77. The zero-order valence-electron chi connectivity index (χ0n) is 16.6. The van der Waals surface area contributed by atoms with Gasteiger partial charge in [0.1, 0.15) is 0 Å². The quantitative estimate of drug-likeness (QED) is 0.511. The predicted octanol–water partition coefficient (Wildman–Crippen LogP) is 3.65. The summed E-state index contributed by atoms with van der Waals surface area (Å²) in [6, 6.07) is 16.4. The van der Waals surface area contributed by atoms with Crippen LogP contribution in [0.1, 0.15) is 10.4 Å². The van der Waals surface area contributed by atoms with Gasteiger partial charge in [0.2, 0.25) is 0 Å². The van der Waals surface area contributed by atoms with Crippen LogP contribution in [0, 0.1) is 0 Å². The molecule has 0 aliphatic carbocycles. The number of carbonyl (C=O) groups excluding carboxylic acids is 1. The van der Waals surface area contributed by atoms with E-state index in [0.29, 0.717) is 24.5 Å². The molecule has 2 aromatic carbocycles. The Morgan fingerprint density at radius 3 is 2.57 bits per heavy atom. The molecular formula is C23H22N2O4S. The molecule has 0 saturated carbocycles. The number of nitrogens with zero attached hydrogens (tertiary/aromatic N) is 1. The fraction of sp³-hybridized carbons (Fsp3) is 0.217. The molecule has 154 valence electrons. The third-order valence-electron chi connectivity index (χ3n) is 5.01. The van der Waals surface area contributed by atoms with Crippen LogP contribution < -0.4 is 16.1 Å². The standard InChI is InChI=1S/C23H22N2O4S/c1-28-23(27)17-5-6-19(20(24)12-17)15-3-2-4-16(11-15)21-13-18(26)14-22(30-21)25-7-9-29-10-8-25/h2-6,11-14H,7-10,24H2,1H3. The highest BCUT2D eigenvalue weighted by molar-refractivity contribution is 7.19. The third kappa shape index (κ3) is 4.22. The molecule has 0 unspecified atom stereocenters. The lowest BCUT2D eigenvalue weighted by Gasteiger charge is -2.28. The number of rotatable bonds is 4. The van der Waals surface area contributed by atoms with Crippen LogP contribution in [-0.4, -0.2) is 39.4 Å². The van der Waals surface area contributed by atoms with Crippen LogP contribution in [0.15, 0.2) is 59.4 Å². The fourth-order valence-electron chi connectivity index (χ4n) is 3.46. The van der Waals surface area contributed by atoms with Crippen molar-refractivity contribution in [1.29, 1.82) is 0 Å². The first-order valence-corrected chi connectivity index (χ1v) is 10.4. The lowest BCUT2D eigenvalue weighted by atomic mass is 9.99. The zero-order valence-corrected chi connectivity index (χ0v) is 17.4. The molecule has 0 bridgehead atoms. The monoisotopic (exact) mass is 422 g/mol. The van der Waals surface area contributed by atoms with E-state index in [1.165, 1.54) is 7.11 Å². The number of anilines is 2. The molecule has 1 aliphatic rings. The van der Waals surface area contributed by atoms with E-state index in [0.717, 1.165) is 39.7 Å². The fourth-order valence-corrected chi connectivity index (χ4v) is 4.59. The first kappa shape index (κ1) is 20.1. The molecule has 0 spiro atoms. The number of morpholine rings is 1. The number of nitrogens with two attached hydrogens (primary N) is 1. The summed E-state index contributed by atoms with van der Waals surface area (Å²) in [6.07, 6.45) is 0. The summed E-state index contributed by atoms with van der Waals surface area (Å²) in [5.74, 6) is -0.424. The van der Waals surface area contributed by atoms with Gasteiger partial charge < -0.3 is 20.1 Å². The molecule has 2 heterocycles. The lowest BCUT2D eigenvalue weighted by molar-refractivity contribution is 0.0601. The van der Waals surface area contributed by atoms with E-state index in [1.54, 1.807) is 35.6 Å². The van der Waals surface area contributed by atoms with Gasteiger partial charge in [-0.1, -0.05) is 24.3 Å². The van der Waals surface area contributed by atoms with Crippen molar-refractivity contribution in [3.63, 3.8) is 0 Å². The largest absolute Gasteiger partial charge is 0.465 e. The highest BCUT2D eigenvalue weighted by Crippen LogP contribution is 2.34. The molecule has 1 fully saturated rings. The van der Waals surface area contributed by atoms with E-state index in [1.807, 2.05) is 30.3 Å². The number of benzene rings is 2. The minimum absolute atomic E-state index is 0.0161. The van der Waals surface area contributed by atoms with Gasteiger partial charge in [0.25, 0.3) is 0 Å².